The smallest absolute Gasteiger partial charge is 0.326 e. The average molecular weight is 247 g/mol. The van der Waals surface area contributed by atoms with Crippen LogP contribution in [0.1, 0.15) is 27.2 Å². The fraction of sp³-hybridized carbons (Fsp3) is 0.818. The molecule has 0 fully saturated rings. The number of aliphatic carboxylic acids is 1. The van der Waals surface area contributed by atoms with Gasteiger partial charge in [0.15, 0.2) is 0 Å². The minimum atomic E-state index is -0.969. The maximum absolute atomic E-state index is 11.6. The Morgan fingerprint density at radius 3 is 2.31 bits per heavy atom. The van der Waals surface area contributed by atoms with E-state index in [4.69, 9.17) is 5.11 Å². The lowest BCUT2D eigenvalue weighted by Gasteiger charge is -2.21. The molecule has 94 valence electrons. The molecule has 0 radical (unpaired) electrons. The van der Waals surface area contributed by atoms with Gasteiger partial charge in [0.05, 0.1) is 5.75 Å². The predicted octanol–water partition coefficient (Wildman–Crippen LogP) is 1.70. The van der Waals surface area contributed by atoms with Crippen molar-refractivity contribution in [3.63, 3.8) is 0 Å². The summed E-state index contributed by atoms with van der Waals surface area (Å²) in [6.45, 7) is 5.79. The van der Waals surface area contributed by atoms with Crippen LogP contribution in [0.25, 0.3) is 0 Å². The van der Waals surface area contributed by atoms with Gasteiger partial charge in [0.1, 0.15) is 6.04 Å². The quantitative estimate of drug-likeness (QED) is 0.696. The maximum Gasteiger partial charge on any atom is 0.326 e. The molecule has 0 aliphatic rings. The van der Waals surface area contributed by atoms with Gasteiger partial charge in [-0.3, -0.25) is 4.79 Å². The summed E-state index contributed by atoms with van der Waals surface area (Å²) in [5.74, 6) is 0.851. The van der Waals surface area contributed by atoms with Crippen LogP contribution in [-0.4, -0.2) is 46.5 Å². The molecule has 0 spiro atoms. The van der Waals surface area contributed by atoms with Gasteiger partial charge in [0.25, 0.3) is 0 Å². The Labute approximate surface area is 101 Å². The molecule has 0 saturated heterocycles. The number of likely N-dealkylation sites (N-methyl/N-ethyl adjacent to an activating group) is 1. The van der Waals surface area contributed by atoms with Crippen molar-refractivity contribution >= 4 is 23.6 Å². The molecule has 1 unspecified atom stereocenters. The highest BCUT2D eigenvalue weighted by atomic mass is 32.2. The molecule has 1 amide bonds. The molecule has 1 N–H and O–H groups in total. The molecule has 0 aliphatic heterocycles. The number of hydrogen-bond donors (Lipinski definition) is 1. The van der Waals surface area contributed by atoms with Gasteiger partial charge in [-0.05, 0) is 25.0 Å². The van der Waals surface area contributed by atoms with Gasteiger partial charge >= 0.3 is 5.97 Å². The zero-order valence-corrected chi connectivity index (χ0v) is 11.2. The monoisotopic (exact) mass is 247 g/mol. The first-order chi connectivity index (χ1) is 7.36. The third-order valence-corrected chi connectivity index (χ3v) is 3.37. The zero-order chi connectivity index (χ0) is 12.7. The molecular formula is C11H21NO3S. The van der Waals surface area contributed by atoms with E-state index in [9.17, 15) is 9.59 Å². The summed E-state index contributed by atoms with van der Waals surface area (Å²) in [6, 6.07) is -0.752. The standard InChI is InChI=1S/C11H21NO3S/c1-8(2)5-6-16-7-10(13)12(4)9(3)11(14)15/h8-9H,5-7H2,1-4H3,(H,14,15). The normalized spacial score (nSPS) is 12.6. The van der Waals surface area contributed by atoms with Crippen molar-refractivity contribution in [2.24, 2.45) is 5.92 Å². The van der Waals surface area contributed by atoms with E-state index in [1.54, 1.807) is 11.8 Å². The topological polar surface area (TPSA) is 57.6 Å². The first kappa shape index (κ1) is 15.3. The van der Waals surface area contributed by atoms with Crippen LogP contribution in [0.4, 0.5) is 0 Å². The fourth-order valence-corrected chi connectivity index (χ4v) is 2.12. The minimum absolute atomic E-state index is 0.122. The predicted molar refractivity (Wildman–Crippen MR) is 66.6 cm³/mol. The third kappa shape index (κ3) is 6.00. The molecule has 0 saturated carbocycles. The van der Waals surface area contributed by atoms with Crippen molar-refractivity contribution in [2.75, 3.05) is 18.6 Å². The summed E-state index contributed by atoms with van der Waals surface area (Å²) in [5, 5.41) is 8.74. The molecule has 0 aliphatic carbocycles. The zero-order valence-electron chi connectivity index (χ0n) is 10.4. The molecule has 0 heterocycles. The van der Waals surface area contributed by atoms with Crippen molar-refractivity contribution in [2.45, 2.75) is 33.2 Å². The molecule has 4 nitrogen and oxygen atoms in total. The van der Waals surface area contributed by atoms with Gasteiger partial charge in [-0.25, -0.2) is 4.79 Å². The van der Waals surface area contributed by atoms with Crippen molar-refractivity contribution in [3.05, 3.63) is 0 Å². The summed E-state index contributed by atoms with van der Waals surface area (Å²) in [6.07, 6.45) is 1.08. The number of rotatable bonds is 7. The Hall–Kier alpha value is -0.710. The average Bonchev–Trinajstić information content (AvgIpc) is 2.21. The Balaban J connectivity index is 3.84. The highest BCUT2D eigenvalue weighted by Gasteiger charge is 2.21. The van der Waals surface area contributed by atoms with E-state index in [2.05, 4.69) is 13.8 Å². The SMILES string of the molecule is CC(C)CCSCC(=O)N(C)C(C)C(=O)O. The lowest BCUT2D eigenvalue weighted by molar-refractivity contribution is -0.147. The van der Waals surface area contributed by atoms with Crippen LogP contribution >= 0.6 is 11.8 Å². The largest absolute Gasteiger partial charge is 0.480 e. The van der Waals surface area contributed by atoms with E-state index in [1.807, 2.05) is 0 Å². The van der Waals surface area contributed by atoms with Crippen molar-refractivity contribution in [1.29, 1.82) is 0 Å². The molecule has 0 bridgehead atoms. The van der Waals surface area contributed by atoms with Gasteiger partial charge < -0.3 is 10.0 Å². The van der Waals surface area contributed by atoms with Crippen LogP contribution in [-0.2, 0) is 9.59 Å². The number of carboxylic acids is 1. The summed E-state index contributed by atoms with van der Waals surface area (Å²) < 4.78 is 0. The van der Waals surface area contributed by atoms with Crippen molar-refractivity contribution in [3.8, 4) is 0 Å². The van der Waals surface area contributed by atoms with Crippen LogP contribution in [0.2, 0.25) is 0 Å². The van der Waals surface area contributed by atoms with E-state index in [0.717, 1.165) is 12.2 Å². The second kappa shape index (κ2) is 7.54. The first-order valence-corrected chi connectivity index (χ1v) is 6.58. The van der Waals surface area contributed by atoms with Crippen molar-refractivity contribution < 1.29 is 14.7 Å². The minimum Gasteiger partial charge on any atom is -0.480 e. The van der Waals surface area contributed by atoms with Crippen molar-refractivity contribution in [1.82, 2.24) is 4.90 Å². The van der Waals surface area contributed by atoms with E-state index >= 15 is 0 Å². The number of hydrogen-bond acceptors (Lipinski definition) is 3. The molecule has 0 aromatic heterocycles. The molecule has 16 heavy (non-hydrogen) atoms. The van der Waals surface area contributed by atoms with Gasteiger partial charge in [-0.2, -0.15) is 11.8 Å². The van der Waals surface area contributed by atoms with E-state index in [-0.39, 0.29) is 5.91 Å². The number of carbonyl (C=O) groups is 2. The van der Waals surface area contributed by atoms with E-state index in [1.165, 1.54) is 18.9 Å². The van der Waals surface area contributed by atoms with Gasteiger partial charge in [-0.15, -0.1) is 0 Å². The number of thioether (sulfide) groups is 1. The highest BCUT2D eigenvalue weighted by Crippen LogP contribution is 2.10. The fourth-order valence-electron chi connectivity index (χ4n) is 0.962. The molecule has 0 rings (SSSR count). The molecular weight excluding hydrogens is 226 g/mol. The van der Waals surface area contributed by atoms with Crippen LogP contribution in [0, 0.1) is 5.92 Å². The molecule has 1 atom stereocenters. The van der Waals surface area contributed by atoms with Gasteiger partial charge in [-0.1, -0.05) is 13.8 Å². The lowest BCUT2D eigenvalue weighted by Crippen LogP contribution is -2.41. The van der Waals surface area contributed by atoms with Crippen LogP contribution in [0.3, 0.4) is 0 Å². The Kier molecular flexibility index (Phi) is 7.21. The second-order valence-corrected chi connectivity index (χ2v) is 5.36. The maximum atomic E-state index is 11.6. The lowest BCUT2D eigenvalue weighted by atomic mass is 10.2. The van der Waals surface area contributed by atoms with Gasteiger partial charge in [0, 0.05) is 7.05 Å². The number of amides is 1. The second-order valence-electron chi connectivity index (χ2n) is 4.25. The molecule has 5 heteroatoms. The van der Waals surface area contributed by atoms with E-state index < -0.39 is 12.0 Å². The Bertz CT molecular complexity index is 243. The van der Waals surface area contributed by atoms with Crippen LogP contribution < -0.4 is 0 Å². The number of nitrogens with zero attached hydrogens (tertiary/aromatic N) is 1. The summed E-state index contributed by atoms with van der Waals surface area (Å²) in [4.78, 5) is 23.5. The Morgan fingerprint density at radius 1 is 1.31 bits per heavy atom. The molecule has 0 aromatic carbocycles. The van der Waals surface area contributed by atoms with Crippen LogP contribution in [0.15, 0.2) is 0 Å². The third-order valence-electron chi connectivity index (χ3n) is 2.40. The summed E-state index contributed by atoms with van der Waals surface area (Å²) >= 11 is 1.56. The summed E-state index contributed by atoms with van der Waals surface area (Å²) in [7, 11) is 1.53. The highest BCUT2D eigenvalue weighted by molar-refractivity contribution is 7.99. The molecule has 0 aromatic rings. The van der Waals surface area contributed by atoms with E-state index in [0.29, 0.717) is 11.7 Å². The van der Waals surface area contributed by atoms with Crippen LogP contribution in [0.5, 0.6) is 0 Å². The number of carboxylic acid groups (broad SMARTS) is 1. The first-order valence-electron chi connectivity index (χ1n) is 5.42. The Morgan fingerprint density at radius 2 is 1.88 bits per heavy atom. The van der Waals surface area contributed by atoms with Gasteiger partial charge in [0.2, 0.25) is 5.91 Å². The number of carbonyl (C=O) groups excluding carboxylic acids is 1. The summed E-state index contributed by atoms with van der Waals surface area (Å²) in [5.41, 5.74) is 0.